The van der Waals surface area contributed by atoms with Gasteiger partial charge in [-0.3, -0.25) is 4.79 Å². The normalized spacial score (nSPS) is 19.4. The quantitative estimate of drug-likeness (QED) is 0.873. The Bertz CT molecular complexity index is 459. The average Bonchev–Trinajstić information content (AvgIpc) is 2.40. The Morgan fingerprint density at radius 3 is 3.11 bits per heavy atom. The zero-order chi connectivity index (χ0) is 13.8. The van der Waals surface area contributed by atoms with Gasteiger partial charge < -0.3 is 15.2 Å². The van der Waals surface area contributed by atoms with Crippen molar-refractivity contribution in [1.29, 1.82) is 0 Å². The molecule has 0 saturated heterocycles. The summed E-state index contributed by atoms with van der Waals surface area (Å²) in [5.41, 5.74) is 2.11. The maximum Gasteiger partial charge on any atom is 0.260 e. The van der Waals surface area contributed by atoms with Gasteiger partial charge in [0, 0.05) is 6.54 Å². The number of likely N-dealkylation sites (N-methyl/N-ethyl adjacent to an activating group) is 1. The summed E-state index contributed by atoms with van der Waals surface area (Å²) in [5, 5.41) is 12.7. The molecule has 1 aliphatic carbocycles. The maximum absolute atomic E-state index is 11.6. The van der Waals surface area contributed by atoms with Gasteiger partial charge in [-0.2, -0.15) is 0 Å². The summed E-state index contributed by atoms with van der Waals surface area (Å²) in [6.07, 6.45) is 1.87. The standard InChI is InChI=1S/C15H21NO3/c1-3-16-15(18)10(2)19-12-8-7-11-5-4-6-14(17)13(11)9-12/h7-10,14,17H,3-6H2,1-2H3,(H,16,18). The lowest BCUT2D eigenvalue weighted by atomic mass is 9.89. The minimum Gasteiger partial charge on any atom is -0.481 e. The van der Waals surface area contributed by atoms with Gasteiger partial charge in [0.1, 0.15) is 5.75 Å². The molecule has 0 fully saturated rings. The van der Waals surface area contributed by atoms with Crippen molar-refractivity contribution >= 4 is 5.91 Å². The summed E-state index contributed by atoms with van der Waals surface area (Å²) in [5.74, 6) is 0.513. The molecule has 2 atom stereocenters. The molecule has 2 rings (SSSR count). The van der Waals surface area contributed by atoms with Gasteiger partial charge in [-0.05, 0) is 56.4 Å². The molecular formula is C15H21NO3. The van der Waals surface area contributed by atoms with Gasteiger partial charge in [0.25, 0.3) is 5.91 Å². The first kappa shape index (κ1) is 13.9. The molecule has 1 aliphatic rings. The monoisotopic (exact) mass is 263 g/mol. The molecule has 1 amide bonds. The molecule has 0 radical (unpaired) electrons. The fourth-order valence-electron chi connectivity index (χ4n) is 2.40. The lowest BCUT2D eigenvalue weighted by molar-refractivity contribution is -0.127. The van der Waals surface area contributed by atoms with Crippen LogP contribution in [0.5, 0.6) is 5.75 Å². The number of benzene rings is 1. The number of rotatable bonds is 4. The summed E-state index contributed by atoms with van der Waals surface area (Å²) in [7, 11) is 0. The van der Waals surface area contributed by atoms with E-state index in [0.29, 0.717) is 12.3 Å². The molecule has 4 heteroatoms. The number of carbonyl (C=O) groups is 1. The largest absolute Gasteiger partial charge is 0.481 e. The zero-order valence-corrected chi connectivity index (χ0v) is 11.5. The number of fused-ring (bicyclic) bond motifs is 1. The second-order valence-corrected chi connectivity index (χ2v) is 4.92. The highest BCUT2D eigenvalue weighted by Crippen LogP contribution is 2.32. The Labute approximate surface area is 113 Å². The summed E-state index contributed by atoms with van der Waals surface area (Å²) < 4.78 is 5.62. The van der Waals surface area contributed by atoms with E-state index >= 15 is 0 Å². The lowest BCUT2D eigenvalue weighted by Gasteiger charge is -2.22. The number of aryl methyl sites for hydroxylation is 1. The number of aliphatic hydroxyl groups excluding tert-OH is 1. The number of ether oxygens (including phenoxy) is 1. The van der Waals surface area contributed by atoms with Crippen LogP contribution >= 0.6 is 0 Å². The Morgan fingerprint density at radius 2 is 2.37 bits per heavy atom. The van der Waals surface area contributed by atoms with E-state index in [-0.39, 0.29) is 5.91 Å². The number of nitrogens with one attached hydrogen (secondary N) is 1. The smallest absolute Gasteiger partial charge is 0.260 e. The molecule has 0 saturated carbocycles. The van der Waals surface area contributed by atoms with Crippen LogP contribution in [-0.4, -0.2) is 23.7 Å². The number of hydrogen-bond acceptors (Lipinski definition) is 3. The Morgan fingerprint density at radius 1 is 1.58 bits per heavy atom. The fraction of sp³-hybridized carbons (Fsp3) is 0.533. The topological polar surface area (TPSA) is 58.6 Å². The first-order valence-corrected chi connectivity index (χ1v) is 6.87. The van der Waals surface area contributed by atoms with Gasteiger partial charge in [0.05, 0.1) is 6.10 Å². The molecule has 1 aromatic rings. The van der Waals surface area contributed by atoms with Crippen LogP contribution in [0, 0.1) is 0 Å². The van der Waals surface area contributed by atoms with E-state index in [1.54, 1.807) is 6.92 Å². The number of aliphatic hydroxyl groups is 1. The summed E-state index contributed by atoms with van der Waals surface area (Å²) in [6, 6.07) is 5.71. The van der Waals surface area contributed by atoms with Gasteiger partial charge >= 0.3 is 0 Å². The molecule has 104 valence electrons. The lowest BCUT2D eigenvalue weighted by Crippen LogP contribution is -2.36. The fourth-order valence-corrected chi connectivity index (χ4v) is 2.40. The molecule has 0 aromatic heterocycles. The molecule has 2 N–H and O–H groups in total. The van der Waals surface area contributed by atoms with E-state index in [9.17, 15) is 9.90 Å². The van der Waals surface area contributed by atoms with Gasteiger partial charge in [-0.25, -0.2) is 0 Å². The number of amides is 1. The molecule has 0 spiro atoms. The highest BCUT2D eigenvalue weighted by molar-refractivity contribution is 5.80. The van der Waals surface area contributed by atoms with Crippen molar-refractivity contribution in [2.75, 3.05) is 6.54 Å². The van der Waals surface area contributed by atoms with Gasteiger partial charge in [0.2, 0.25) is 0 Å². The van der Waals surface area contributed by atoms with Crippen LogP contribution in [-0.2, 0) is 11.2 Å². The van der Waals surface area contributed by atoms with E-state index in [1.165, 1.54) is 5.56 Å². The van der Waals surface area contributed by atoms with E-state index < -0.39 is 12.2 Å². The zero-order valence-electron chi connectivity index (χ0n) is 11.5. The first-order chi connectivity index (χ1) is 9.11. The van der Waals surface area contributed by atoms with E-state index in [2.05, 4.69) is 5.32 Å². The average molecular weight is 263 g/mol. The van der Waals surface area contributed by atoms with Gasteiger partial charge in [-0.1, -0.05) is 6.07 Å². The minimum atomic E-state index is -0.529. The van der Waals surface area contributed by atoms with Crippen LogP contribution in [0.4, 0.5) is 0 Å². The summed E-state index contributed by atoms with van der Waals surface area (Å²) in [4.78, 5) is 11.6. The molecule has 4 nitrogen and oxygen atoms in total. The molecular weight excluding hydrogens is 242 g/mol. The SMILES string of the molecule is CCNC(=O)C(C)Oc1ccc2c(c1)C(O)CCC2. The van der Waals surface area contributed by atoms with Crippen LogP contribution in [0.3, 0.4) is 0 Å². The summed E-state index contributed by atoms with van der Waals surface area (Å²) >= 11 is 0. The van der Waals surface area contributed by atoms with Crippen molar-refractivity contribution in [3.8, 4) is 5.75 Å². The summed E-state index contributed by atoms with van der Waals surface area (Å²) in [6.45, 7) is 4.19. The van der Waals surface area contributed by atoms with E-state index in [1.807, 2.05) is 25.1 Å². The highest BCUT2D eigenvalue weighted by atomic mass is 16.5. The van der Waals surface area contributed by atoms with Crippen LogP contribution in [0.25, 0.3) is 0 Å². The Hall–Kier alpha value is -1.55. The third kappa shape index (κ3) is 3.26. The van der Waals surface area contributed by atoms with Gasteiger partial charge in [-0.15, -0.1) is 0 Å². The molecule has 1 aromatic carbocycles. The van der Waals surface area contributed by atoms with E-state index in [4.69, 9.17) is 4.74 Å². The van der Waals surface area contributed by atoms with Crippen molar-refractivity contribution < 1.29 is 14.6 Å². The van der Waals surface area contributed by atoms with E-state index in [0.717, 1.165) is 24.8 Å². The van der Waals surface area contributed by atoms with Crippen molar-refractivity contribution in [3.63, 3.8) is 0 Å². The van der Waals surface area contributed by atoms with Crippen molar-refractivity contribution in [1.82, 2.24) is 5.32 Å². The van der Waals surface area contributed by atoms with Crippen LogP contribution in [0.15, 0.2) is 18.2 Å². The first-order valence-electron chi connectivity index (χ1n) is 6.87. The predicted octanol–water partition coefficient (Wildman–Crippen LogP) is 1.96. The van der Waals surface area contributed by atoms with Crippen LogP contribution in [0.2, 0.25) is 0 Å². The Balaban J connectivity index is 2.09. The maximum atomic E-state index is 11.6. The minimum absolute atomic E-state index is 0.124. The van der Waals surface area contributed by atoms with Crippen LogP contribution < -0.4 is 10.1 Å². The second kappa shape index (κ2) is 6.06. The third-order valence-corrected chi connectivity index (χ3v) is 3.43. The Kier molecular flexibility index (Phi) is 4.43. The molecule has 0 aliphatic heterocycles. The molecule has 19 heavy (non-hydrogen) atoms. The second-order valence-electron chi connectivity index (χ2n) is 4.92. The number of hydrogen-bond donors (Lipinski definition) is 2. The molecule has 0 heterocycles. The molecule has 0 bridgehead atoms. The van der Waals surface area contributed by atoms with Gasteiger partial charge in [0.15, 0.2) is 6.10 Å². The van der Waals surface area contributed by atoms with Crippen molar-refractivity contribution in [2.24, 2.45) is 0 Å². The number of carbonyl (C=O) groups excluding carboxylic acids is 1. The molecule has 2 unspecified atom stereocenters. The predicted molar refractivity (Wildman–Crippen MR) is 73.1 cm³/mol. The van der Waals surface area contributed by atoms with Crippen molar-refractivity contribution in [2.45, 2.75) is 45.3 Å². The third-order valence-electron chi connectivity index (χ3n) is 3.43. The van der Waals surface area contributed by atoms with Crippen LogP contribution in [0.1, 0.15) is 43.9 Å². The highest BCUT2D eigenvalue weighted by Gasteiger charge is 2.20. The van der Waals surface area contributed by atoms with Crippen molar-refractivity contribution in [3.05, 3.63) is 29.3 Å².